The second-order valence-electron chi connectivity index (χ2n) is 8.68. The van der Waals surface area contributed by atoms with Crippen molar-refractivity contribution < 1.29 is 9.53 Å². The molecule has 1 unspecified atom stereocenters. The number of carbonyl (C=O) groups is 1. The van der Waals surface area contributed by atoms with Gasteiger partial charge in [-0.2, -0.15) is 0 Å². The fourth-order valence-electron chi connectivity index (χ4n) is 3.86. The highest BCUT2D eigenvalue weighted by atomic mass is 16.5. The lowest BCUT2D eigenvalue weighted by molar-refractivity contribution is 0.0930. The number of benzene rings is 2. The first-order chi connectivity index (χ1) is 14.8. The van der Waals surface area contributed by atoms with E-state index >= 15 is 0 Å². The number of hydrogen-bond acceptors (Lipinski definition) is 4. The van der Waals surface area contributed by atoms with E-state index < -0.39 is 0 Å². The van der Waals surface area contributed by atoms with Crippen molar-refractivity contribution in [3.05, 3.63) is 77.5 Å². The van der Waals surface area contributed by atoms with E-state index in [1.54, 1.807) is 12.3 Å². The van der Waals surface area contributed by atoms with Gasteiger partial charge in [0.25, 0.3) is 5.91 Å². The number of aryl methyl sites for hydroxylation is 1. The van der Waals surface area contributed by atoms with Gasteiger partial charge in [-0.05, 0) is 80.6 Å². The van der Waals surface area contributed by atoms with Crippen molar-refractivity contribution in [3.8, 4) is 5.75 Å². The van der Waals surface area contributed by atoms with Crippen molar-refractivity contribution in [2.75, 3.05) is 6.61 Å². The van der Waals surface area contributed by atoms with Crippen LogP contribution in [-0.2, 0) is 5.54 Å². The Balaban J connectivity index is 1.67. The second kappa shape index (κ2) is 8.16. The Bertz CT molecular complexity index is 1160. The van der Waals surface area contributed by atoms with Gasteiger partial charge < -0.3 is 15.8 Å². The second-order valence-corrected chi connectivity index (χ2v) is 8.68. The zero-order valence-electron chi connectivity index (χ0n) is 18.4. The van der Waals surface area contributed by atoms with E-state index in [2.05, 4.69) is 35.1 Å². The van der Waals surface area contributed by atoms with Crippen LogP contribution >= 0.6 is 0 Å². The summed E-state index contributed by atoms with van der Waals surface area (Å²) in [7, 11) is 0. The van der Waals surface area contributed by atoms with E-state index in [1.807, 2.05) is 39.0 Å². The van der Waals surface area contributed by atoms with Crippen molar-refractivity contribution >= 4 is 22.4 Å². The molecule has 1 heterocycles. The van der Waals surface area contributed by atoms with Gasteiger partial charge >= 0.3 is 0 Å². The number of rotatable bonds is 7. The predicted octanol–water partition coefficient (Wildman–Crippen LogP) is 4.72. The van der Waals surface area contributed by atoms with Crippen molar-refractivity contribution in [2.24, 2.45) is 5.73 Å². The monoisotopic (exact) mass is 415 g/mol. The van der Waals surface area contributed by atoms with Crippen molar-refractivity contribution in [1.82, 2.24) is 10.3 Å². The van der Waals surface area contributed by atoms with Gasteiger partial charge in [0.05, 0.1) is 11.1 Å². The number of pyridine rings is 1. The quantitative estimate of drug-likeness (QED) is 0.585. The Morgan fingerprint density at radius 2 is 2.06 bits per heavy atom. The molecule has 3 aromatic rings. The molecule has 1 atom stereocenters. The molecule has 0 spiro atoms. The summed E-state index contributed by atoms with van der Waals surface area (Å²) < 4.78 is 5.72. The summed E-state index contributed by atoms with van der Waals surface area (Å²) in [5.41, 5.74) is 11.0. The Morgan fingerprint density at radius 1 is 1.29 bits per heavy atom. The molecule has 3 N–H and O–H groups in total. The topological polar surface area (TPSA) is 77.2 Å². The van der Waals surface area contributed by atoms with Gasteiger partial charge in [0, 0.05) is 23.2 Å². The lowest BCUT2D eigenvalue weighted by Crippen LogP contribution is -2.35. The minimum atomic E-state index is -0.390. The maximum absolute atomic E-state index is 13.3. The molecule has 1 amide bonds. The number of ether oxygens (including phenoxy) is 1. The van der Waals surface area contributed by atoms with Crippen molar-refractivity contribution in [2.45, 2.75) is 45.2 Å². The summed E-state index contributed by atoms with van der Waals surface area (Å²) in [6.07, 6.45) is 3.58. The molecular formula is C26H29N3O2. The molecule has 1 aliphatic rings. The summed E-state index contributed by atoms with van der Waals surface area (Å²) >= 11 is 0. The Kier molecular flexibility index (Phi) is 5.54. The van der Waals surface area contributed by atoms with Crippen molar-refractivity contribution in [3.63, 3.8) is 0 Å². The van der Waals surface area contributed by atoms with Crippen molar-refractivity contribution in [1.29, 1.82) is 0 Å². The van der Waals surface area contributed by atoms with Gasteiger partial charge in [0.1, 0.15) is 12.4 Å². The molecule has 1 aliphatic carbocycles. The van der Waals surface area contributed by atoms with Gasteiger partial charge in [0.15, 0.2) is 0 Å². The first-order valence-electron chi connectivity index (χ1n) is 10.7. The molecule has 160 valence electrons. The number of allylic oxidation sites excluding steroid dienone is 1. The molecule has 0 bridgehead atoms. The molecule has 0 aliphatic heterocycles. The highest BCUT2D eigenvalue weighted by Gasteiger charge is 2.47. The van der Waals surface area contributed by atoms with Crippen LogP contribution in [-0.4, -0.2) is 23.5 Å². The van der Waals surface area contributed by atoms with Crippen LogP contribution in [0.4, 0.5) is 0 Å². The van der Waals surface area contributed by atoms with E-state index in [0.717, 1.165) is 46.0 Å². The number of nitrogens with zero attached hydrogens (tertiary/aromatic N) is 1. The average molecular weight is 416 g/mol. The Morgan fingerprint density at radius 3 is 2.74 bits per heavy atom. The van der Waals surface area contributed by atoms with Crippen LogP contribution in [0.3, 0.4) is 0 Å². The van der Waals surface area contributed by atoms with Crippen LogP contribution in [0.5, 0.6) is 5.75 Å². The van der Waals surface area contributed by atoms with Crippen LogP contribution in [0.15, 0.2) is 55.2 Å². The normalized spacial score (nSPS) is 15.4. The summed E-state index contributed by atoms with van der Waals surface area (Å²) in [5.74, 6) is 0.552. The maximum atomic E-state index is 13.3. The van der Waals surface area contributed by atoms with E-state index in [1.165, 1.54) is 0 Å². The van der Waals surface area contributed by atoms with Crippen LogP contribution < -0.4 is 15.8 Å². The van der Waals surface area contributed by atoms with E-state index in [-0.39, 0.29) is 17.5 Å². The molecule has 31 heavy (non-hydrogen) atoms. The first-order valence-corrected chi connectivity index (χ1v) is 10.7. The Labute approximate surface area is 183 Å². The number of nitrogens with one attached hydrogen (secondary N) is 1. The summed E-state index contributed by atoms with van der Waals surface area (Å²) in [4.78, 5) is 17.9. The molecule has 1 aromatic heterocycles. The SMILES string of the molecule is C=C(C)c1cc(C2(NC(=O)c3cc(OCC(C)N)ccc3C)CC2)c2cccnc2c1. The van der Waals surface area contributed by atoms with Gasteiger partial charge in [-0.25, -0.2) is 0 Å². The lowest BCUT2D eigenvalue weighted by Gasteiger charge is -2.22. The molecule has 0 saturated heterocycles. The highest BCUT2D eigenvalue weighted by Crippen LogP contribution is 2.48. The zero-order valence-corrected chi connectivity index (χ0v) is 18.4. The molecular weight excluding hydrogens is 386 g/mol. The summed E-state index contributed by atoms with van der Waals surface area (Å²) in [6, 6.07) is 13.7. The largest absolute Gasteiger partial charge is 0.492 e. The number of hydrogen-bond donors (Lipinski definition) is 2. The first kappa shape index (κ1) is 21.1. The molecule has 1 fully saturated rings. The number of amides is 1. The predicted molar refractivity (Wildman–Crippen MR) is 125 cm³/mol. The molecule has 2 aromatic carbocycles. The standard InChI is InChI=1S/C26H29N3O2/c1-16(2)19-12-23(21-6-5-11-28-24(21)13-19)26(9-10-26)29-25(30)22-14-20(8-7-17(22)3)31-15-18(4)27/h5-8,11-14,18H,1,9-10,15,27H2,2-4H3,(H,29,30). The average Bonchev–Trinajstić information content (AvgIpc) is 3.52. The van der Waals surface area contributed by atoms with E-state index in [0.29, 0.717) is 17.9 Å². The number of fused-ring (bicyclic) bond motifs is 1. The van der Waals surface area contributed by atoms with Gasteiger partial charge in [-0.15, -0.1) is 0 Å². The lowest BCUT2D eigenvalue weighted by atomic mass is 9.94. The summed E-state index contributed by atoms with van der Waals surface area (Å²) in [5, 5.41) is 4.38. The molecule has 4 rings (SSSR count). The number of carbonyl (C=O) groups excluding carboxylic acids is 1. The smallest absolute Gasteiger partial charge is 0.252 e. The fraction of sp³-hybridized carbons (Fsp3) is 0.308. The molecule has 1 saturated carbocycles. The maximum Gasteiger partial charge on any atom is 0.252 e. The Hall–Kier alpha value is -3.18. The van der Waals surface area contributed by atoms with Gasteiger partial charge in [-0.1, -0.05) is 24.3 Å². The van der Waals surface area contributed by atoms with E-state index in [4.69, 9.17) is 10.5 Å². The third-order valence-corrected chi connectivity index (χ3v) is 5.80. The van der Waals surface area contributed by atoms with Crippen LogP contribution in [0.2, 0.25) is 0 Å². The zero-order chi connectivity index (χ0) is 22.2. The molecule has 5 nitrogen and oxygen atoms in total. The third kappa shape index (κ3) is 4.32. The van der Waals surface area contributed by atoms with Crippen LogP contribution in [0.25, 0.3) is 16.5 Å². The van der Waals surface area contributed by atoms with Gasteiger partial charge in [-0.3, -0.25) is 9.78 Å². The minimum Gasteiger partial charge on any atom is -0.492 e. The van der Waals surface area contributed by atoms with Crippen LogP contribution in [0, 0.1) is 6.92 Å². The molecule has 0 radical (unpaired) electrons. The number of nitrogens with two attached hydrogens (primary N) is 1. The highest BCUT2D eigenvalue weighted by molar-refractivity contribution is 5.97. The van der Waals surface area contributed by atoms with Gasteiger partial charge in [0.2, 0.25) is 0 Å². The molecule has 5 heteroatoms. The number of aromatic nitrogens is 1. The minimum absolute atomic E-state index is 0.0733. The van der Waals surface area contributed by atoms with Crippen LogP contribution in [0.1, 0.15) is 53.7 Å². The fourth-order valence-corrected chi connectivity index (χ4v) is 3.86. The summed E-state index contributed by atoms with van der Waals surface area (Å²) in [6.45, 7) is 10.3. The van der Waals surface area contributed by atoms with E-state index in [9.17, 15) is 4.79 Å². The third-order valence-electron chi connectivity index (χ3n) is 5.80.